The Morgan fingerprint density at radius 1 is 0.826 bits per heavy atom. The van der Waals surface area contributed by atoms with Crippen LogP contribution in [-0.2, 0) is 25.7 Å². The van der Waals surface area contributed by atoms with Crippen LogP contribution in [0.15, 0.2) is 97.1 Å². The van der Waals surface area contributed by atoms with E-state index in [9.17, 15) is 19.2 Å². The molecule has 0 aromatic heterocycles. The van der Waals surface area contributed by atoms with Gasteiger partial charge in [0, 0.05) is 41.1 Å². The van der Waals surface area contributed by atoms with Gasteiger partial charge >= 0.3 is 0 Å². The zero-order valence-corrected chi connectivity index (χ0v) is 26.2. The van der Waals surface area contributed by atoms with Crippen LogP contribution in [0.25, 0.3) is 0 Å². The van der Waals surface area contributed by atoms with Gasteiger partial charge in [-0.25, -0.2) is 0 Å². The first kappa shape index (κ1) is 31.3. The minimum absolute atomic E-state index is 0.0182. The number of hydrogen-bond donors (Lipinski definition) is 1. The summed E-state index contributed by atoms with van der Waals surface area (Å²) in [7, 11) is 0. The molecular weight excluding hydrogens is 627 g/mol. The molecular formula is C35H30Cl2N4O5. The van der Waals surface area contributed by atoms with Gasteiger partial charge in [0.1, 0.15) is 12.6 Å². The van der Waals surface area contributed by atoms with E-state index in [0.29, 0.717) is 45.8 Å². The zero-order valence-electron chi connectivity index (χ0n) is 24.7. The lowest BCUT2D eigenvalue weighted by molar-refractivity contribution is -0.139. The summed E-state index contributed by atoms with van der Waals surface area (Å²) in [5.74, 6) is -2.48. The van der Waals surface area contributed by atoms with Crippen LogP contribution >= 0.6 is 23.2 Å². The van der Waals surface area contributed by atoms with Crippen LogP contribution < -0.4 is 15.1 Å². The van der Waals surface area contributed by atoms with Crippen molar-refractivity contribution < 1.29 is 23.9 Å². The van der Waals surface area contributed by atoms with Crippen molar-refractivity contribution in [2.75, 3.05) is 48.0 Å². The summed E-state index contributed by atoms with van der Waals surface area (Å²) in [5.41, 5.74) is 3.37. The quantitative estimate of drug-likeness (QED) is 0.230. The molecule has 0 saturated carbocycles. The lowest BCUT2D eigenvalue weighted by Gasteiger charge is -2.33. The monoisotopic (exact) mass is 656 g/mol. The molecule has 1 atom stereocenters. The van der Waals surface area contributed by atoms with E-state index in [2.05, 4.69) is 10.2 Å². The Bertz CT molecular complexity index is 1760. The van der Waals surface area contributed by atoms with Gasteiger partial charge in [-0.15, -0.1) is 0 Å². The van der Waals surface area contributed by atoms with E-state index in [0.717, 1.165) is 23.7 Å². The highest BCUT2D eigenvalue weighted by atomic mass is 35.5. The number of morpholine rings is 1. The van der Waals surface area contributed by atoms with Gasteiger partial charge in [0.15, 0.2) is 0 Å². The fourth-order valence-electron chi connectivity index (χ4n) is 5.65. The second kappa shape index (κ2) is 13.7. The van der Waals surface area contributed by atoms with Crippen molar-refractivity contribution in [2.24, 2.45) is 0 Å². The van der Waals surface area contributed by atoms with Crippen LogP contribution in [-0.4, -0.2) is 61.3 Å². The Morgan fingerprint density at radius 2 is 1.46 bits per heavy atom. The molecule has 1 unspecified atom stereocenters. The van der Waals surface area contributed by atoms with Crippen LogP contribution in [0.5, 0.6) is 0 Å². The predicted octanol–water partition coefficient (Wildman–Crippen LogP) is 5.77. The Morgan fingerprint density at radius 3 is 2.13 bits per heavy atom. The van der Waals surface area contributed by atoms with Crippen LogP contribution in [0.2, 0.25) is 10.0 Å². The maximum absolute atomic E-state index is 14.3. The van der Waals surface area contributed by atoms with E-state index < -0.39 is 36.1 Å². The van der Waals surface area contributed by atoms with E-state index in [-0.39, 0.29) is 12.1 Å². The van der Waals surface area contributed by atoms with Gasteiger partial charge in [-0.3, -0.25) is 24.1 Å². The standard InChI is InChI=1S/C35H30Cl2N4O5/c36-25-9-5-23(6-10-25)21-41(31(42)22-40-30-4-2-1-3-29(30)33(43)35(40)45)32(24-7-11-26(37)12-8-24)34(44)38-27-13-15-28(16-14-27)39-17-19-46-20-18-39/h1-16,32H,17-22H2,(H,38,44). The Balaban J connectivity index is 1.33. The minimum atomic E-state index is -1.12. The lowest BCUT2D eigenvalue weighted by Crippen LogP contribution is -2.46. The number of ketones is 1. The lowest BCUT2D eigenvalue weighted by atomic mass is 10.0. The molecule has 0 radical (unpaired) electrons. The molecule has 2 aliphatic heterocycles. The number of para-hydroxylation sites is 1. The average Bonchev–Trinajstić information content (AvgIpc) is 3.31. The topological polar surface area (TPSA) is 99.3 Å². The number of amides is 3. The molecule has 1 saturated heterocycles. The second-order valence-electron chi connectivity index (χ2n) is 11.0. The molecule has 3 amide bonds. The number of ether oxygens (including phenoxy) is 1. The molecule has 6 rings (SSSR count). The molecule has 0 aliphatic carbocycles. The van der Waals surface area contributed by atoms with Gasteiger partial charge in [-0.1, -0.05) is 59.6 Å². The summed E-state index contributed by atoms with van der Waals surface area (Å²) in [5, 5.41) is 3.96. The molecule has 4 aromatic carbocycles. The molecule has 2 heterocycles. The van der Waals surface area contributed by atoms with E-state index >= 15 is 0 Å². The van der Waals surface area contributed by atoms with E-state index in [1.165, 1.54) is 4.90 Å². The summed E-state index contributed by atoms with van der Waals surface area (Å²) < 4.78 is 5.45. The molecule has 1 N–H and O–H groups in total. The number of fused-ring (bicyclic) bond motifs is 1. The Labute approximate surface area is 276 Å². The molecule has 2 aliphatic rings. The van der Waals surface area contributed by atoms with E-state index in [1.54, 1.807) is 72.8 Å². The first-order chi connectivity index (χ1) is 22.3. The first-order valence-electron chi connectivity index (χ1n) is 14.8. The fraction of sp³-hybridized carbons (Fsp3) is 0.200. The van der Waals surface area contributed by atoms with Crippen molar-refractivity contribution in [3.05, 3.63) is 124 Å². The third-order valence-electron chi connectivity index (χ3n) is 8.02. The SMILES string of the molecule is O=C1C(=O)N(CC(=O)N(Cc2ccc(Cl)cc2)C(C(=O)Nc2ccc(N3CCOCC3)cc2)c2ccc(Cl)cc2)c2ccccc21. The number of anilines is 3. The number of nitrogens with one attached hydrogen (secondary N) is 1. The van der Waals surface area contributed by atoms with Crippen molar-refractivity contribution in [3.8, 4) is 0 Å². The molecule has 0 spiro atoms. The number of carbonyl (C=O) groups is 4. The van der Waals surface area contributed by atoms with Gasteiger partial charge < -0.3 is 19.9 Å². The predicted molar refractivity (Wildman–Crippen MR) is 177 cm³/mol. The maximum atomic E-state index is 14.3. The van der Waals surface area contributed by atoms with Crippen LogP contribution in [0.1, 0.15) is 27.5 Å². The normalized spacial score (nSPS) is 15.0. The highest BCUT2D eigenvalue weighted by Crippen LogP contribution is 2.31. The van der Waals surface area contributed by atoms with E-state index in [1.807, 2.05) is 24.3 Å². The van der Waals surface area contributed by atoms with Gasteiger partial charge in [-0.2, -0.15) is 0 Å². The average molecular weight is 658 g/mol. The van der Waals surface area contributed by atoms with Crippen molar-refractivity contribution in [1.29, 1.82) is 0 Å². The summed E-state index contributed by atoms with van der Waals surface area (Å²) in [6.07, 6.45) is 0. The third kappa shape index (κ3) is 6.77. The summed E-state index contributed by atoms with van der Waals surface area (Å²) in [4.78, 5) is 58.9. The van der Waals surface area contributed by atoms with Crippen LogP contribution in [0.3, 0.4) is 0 Å². The first-order valence-corrected chi connectivity index (χ1v) is 15.5. The fourth-order valence-corrected chi connectivity index (χ4v) is 5.90. The maximum Gasteiger partial charge on any atom is 0.299 e. The smallest absolute Gasteiger partial charge is 0.299 e. The van der Waals surface area contributed by atoms with Crippen molar-refractivity contribution in [2.45, 2.75) is 12.6 Å². The minimum Gasteiger partial charge on any atom is -0.378 e. The highest BCUT2D eigenvalue weighted by Gasteiger charge is 2.39. The van der Waals surface area contributed by atoms with Gasteiger partial charge in [0.2, 0.25) is 5.91 Å². The number of nitrogens with zero attached hydrogens (tertiary/aromatic N) is 3. The number of hydrogen-bond acceptors (Lipinski definition) is 6. The van der Waals surface area contributed by atoms with Gasteiger partial charge in [0.25, 0.3) is 17.6 Å². The van der Waals surface area contributed by atoms with Crippen molar-refractivity contribution in [1.82, 2.24) is 4.90 Å². The molecule has 9 nitrogen and oxygen atoms in total. The Kier molecular flexibility index (Phi) is 9.35. The van der Waals surface area contributed by atoms with E-state index in [4.69, 9.17) is 27.9 Å². The van der Waals surface area contributed by atoms with Crippen LogP contribution in [0, 0.1) is 0 Å². The zero-order chi connectivity index (χ0) is 32.2. The number of benzene rings is 4. The number of Topliss-reactive ketones (excluding diaryl/α,β-unsaturated/α-hetero) is 1. The van der Waals surface area contributed by atoms with Crippen LogP contribution in [0.4, 0.5) is 17.1 Å². The molecule has 46 heavy (non-hydrogen) atoms. The molecule has 234 valence electrons. The van der Waals surface area contributed by atoms with Crippen molar-refractivity contribution >= 4 is 63.8 Å². The molecule has 1 fully saturated rings. The third-order valence-corrected chi connectivity index (χ3v) is 8.52. The number of carbonyl (C=O) groups excluding carboxylic acids is 4. The molecule has 0 bridgehead atoms. The van der Waals surface area contributed by atoms with Gasteiger partial charge in [0.05, 0.1) is 24.5 Å². The highest BCUT2D eigenvalue weighted by molar-refractivity contribution is 6.52. The number of halogens is 2. The van der Waals surface area contributed by atoms with Crippen molar-refractivity contribution in [3.63, 3.8) is 0 Å². The summed E-state index contributed by atoms with van der Waals surface area (Å²) >= 11 is 12.3. The summed E-state index contributed by atoms with van der Waals surface area (Å²) in [6.45, 7) is 2.44. The second-order valence-corrected chi connectivity index (χ2v) is 11.8. The Hall–Kier alpha value is -4.70. The molecule has 11 heteroatoms. The van der Waals surface area contributed by atoms with Gasteiger partial charge in [-0.05, 0) is 71.8 Å². The summed E-state index contributed by atoms with van der Waals surface area (Å²) in [6, 6.07) is 26.5. The molecule has 4 aromatic rings. The largest absolute Gasteiger partial charge is 0.378 e. The number of rotatable bonds is 9.